The fourth-order valence-corrected chi connectivity index (χ4v) is 2.43. The Morgan fingerprint density at radius 2 is 1.59 bits per heavy atom. The summed E-state index contributed by atoms with van der Waals surface area (Å²) in [6.45, 7) is 0. The van der Waals surface area contributed by atoms with Crippen LogP contribution in [-0.2, 0) is 0 Å². The summed E-state index contributed by atoms with van der Waals surface area (Å²) in [5.41, 5.74) is 1.28. The molecule has 0 bridgehead atoms. The molecule has 2 rings (SSSR count). The van der Waals surface area contributed by atoms with Crippen LogP contribution in [0.2, 0.25) is 10.0 Å². The Labute approximate surface area is 118 Å². The maximum Gasteiger partial charge on any atom is 0.107 e. The molecule has 0 aromatic heterocycles. The molecule has 0 saturated heterocycles. The van der Waals surface area contributed by atoms with E-state index in [-0.39, 0.29) is 0 Å². The van der Waals surface area contributed by atoms with E-state index in [0.717, 1.165) is 4.47 Å². The van der Waals surface area contributed by atoms with Gasteiger partial charge >= 0.3 is 0 Å². The maximum absolute atomic E-state index is 10.3. The molecule has 1 atom stereocenters. The van der Waals surface area contributed by atoms with Crippen LogP contribution in [-0.4, -0.2) is 5.11 Å². The van der Waals surface area contributed by atoms with Crippen molar-refractivity contribution in [1.29, 1.82) is 0 Å². The highest BCUT2D eigenvalue weighted by atomic mass is 79.9. The topological polar surface area (TPSA) is 20.2 Å². The predicted octanol–water partition coefficient (Wildman–Crippen LogP) is 4.84. The van der Waals surface area contributed by atoms with Crippen LogP contribution < -0.4 is 0 Å². The van der Waals surface area contributed by atoms with Crippen molar-refractivity contribution < 1.29 is 5.11 Å². The molecule has 1 nitrogen and oxygen atoms in total. The first kappa shape index (κ1) is 12.9. The van der Waals surface area contributed by atoms with Gasteiger partial charge in [-0.15, -0.1) is 0 Å². The Morgan fingerprint density at radius 3 is 2.29 bits per heavy atom. The lowest BCUT2D eigenvalue weighted by Gasteiger charge is -2.14. The van der Waals surface area contributed by atoms with Gasteiger partial charge in [0.05, 0.1) is 0 Å². The predicted molar refractivity (Wildman–Crippen MR) is 74.7 cm³/mol. The van der Waals surface area contributed by atoms with Crippen molar-refractivity contribution in [2.75, 3.05) is 0 Å². The highest BCUT2D eigenvalue weighted by molar-refractivity contribution is 9.10. The van der Waals surface area contributed by atoms with Crippen LogP contribution in [0.15, 0.2) is 46.9 Å². The van der Waals surface area contributed by atoms with E-state index in [1.807, 2.05) is 18.2 Å². The first-order chi connectivity index (χ1) is 8.09. The van der Waals surface area contributed by atoms with E-state index >= 15 is 0 Å². The number of aliphatic hydroxyl groups excluding tert-OH is 1. The second-order valence-corrected chi connectivity index (χ2v) is 5.32. The molecule has 0 heterocycles. The Hall–Kier alpha value is -0.540. The SMILES string of the molecule is OC(c1ccccc1Cl)c1cc(Br)ccc1Cl. The van der Waals surface area contributed by atoms with Gasteiger partial charge in [0.15, 0.2) is 0 Å². The molecule has 1 unspecified atom stereocenters. The van der Waals surface area contributed by atoms with Gasteiger partial charge in [-0.1, -0.05) is 57.3 Å². The summed E-state index contributed by atoms with van der Waals surface area (Å²) in [6, 6.07) is 12.5. The van der Waals surface area contributed by atoms with E-state index in [1.54, 1.807) is 24.3 Å². The zero-order valence-corrected chi connectivity index (χ0v) is 11.8. The monoisotopic (exact) mass is 330 g/mol. The van der Waals surface area contributed by atoms with Crippen molar-refractivity contribution in [1.82, 2.24) is 0 Å². The molecule has 17 heavy (non-hydrogen) atoms. The molecule has 2 aromatic rings. The molecule has 0 aliphatic heterocycles. The van der Waals surface area contributed by atoms with E-state index in [1.165, 1.54) is 0 Å². The number of aliphatic hydroxyl groups is 1. The first-order valence-electron chi connectivity index (χ1n) is 4.97. The smallest absolute Gasteiger partial charge is 0.107 e. The summed E-state index contributed by atoms with van der Waals surface area (Å²) in [5, 5.41) is 11.3. The van der Waals surface area contributed by atoms with Crippen molar-refractivity contribution in [3.8, 4) is 0 Å². The van der Waals surface area contributed by atoms with Crippen LogP contribution >= 0.6 is 39.1 Å². The molecule has 0 amide bonds. The quantitative estimate of drug-likeness (QED) is 0.835. The lowest BCUT2D eigenvalue weighted by atomic mass is 10.0. The minimum atomic E-state index is -0.825. The molecule has 4 heteroatoms. The normalized spacial score (nSPS) is 12.5. The Balaban J connectivity index is 2.47. The minimum Gasteiger partial charge on any atom is -0.384 e. The molecule has 0 spiro atoms. The zero-order chi connectivity index (χ0) is 12.4. The van der Waals surface area contributed by atoms with Gasteiger partial charge in [0.25, 0.3) is 0 Å². The van der Waals surface area contributed by atoms with Crippen LogP contribution in [0.5, 0.6) is 0 Å². The summed E-state index contributed by atoms with van der Waals surface area (Å²) in [7, 11) is 0. The second-order valence-electron chi connectivity index (χ2n) is 3.59. The Morgan fingerprint density at radius 1 is 0.941 bits per heavy atom. The minimum absolute atomic E-state index is 0.514. The van der Waals surface area contributed by atoms with Gasteiger partial charge in [0.2, 0.25) is 0 Å². The molecule has 1 N–H and O–H groups in total. The molecule has 0 radical (unpaired) electrons. The van der Waals surface area contributed by atoms with E-state index in [0.29, 0.717) is 21.2 Å². The van der Waals surface area contributed by atoms with E-state index in [4.69, 9.17) is 23.2 Å². The van der Waals surface area contributed by atoms with Crippen LogP contribution in [0, 0.1) is 0 Å². The highest BCUT2D eigenvalue weighted by Crippen LogP contribution is 2.33. The Bertz CT molecular complexity index is 543. The van der Waals surface area contributed by atoms with Gasteiger partial charge in [0, 0.05) is 25.6 Å². The van der Waals surface area contributed by atoms with Gasteiger partial charge in [-0.25, -0.2) is 0 Å². The third kappa shape index (κ3) is 2.83. The lowest BCUT2D eigenvalue weighted by molar-refractivity contribution is 0.220. The second kappa shape index (κ2) is 5.40. The van der Waals surface area contributed by atoms with Crippen LogP contribution in [0.1, 0.15) is 17.2 Å². The molecule has 0 saturated carbocycles. The molecule has 0 aliphatic carbocycles. The van der Waals surface area contributed by atoms with Crippen molar-refractivity contribution in [2.45, 2.75) is 6.10 Å². The standard InChI is InChI=1S/C13H9BrCl2O/c14-8-5-6-12(16)10(7-8)13(17)9-3-1-2-4-11(9)15/h1-7,13,17H. The third-order valence-electron chi connectivity index (χ3n) is 2.45. The van der Waals surface area contributed by atoms with Crippen LogP contribution in [0.3, 0.4) is 0 Å². The van der Waals surface area contributed by atoms with E-state index < -0.39 is 6.10 Å². The fourth-order valence-electron chi connectivity index (χ4n) is 1.59. The fraction of sp³-hybridized carbons (Fsp3) is 0.0769. The van der Waals surface area contributed by atoms with Gasteiger partial charge in [0.1, 0.15) is 6.10 Å². The van der Waals surface area contributed by atoms with Crippen LogP contribution in [0.4, 0.5) is 0 Å². The largest absolute Gasteiger partial charge is 0.384 e. The van der Waals surface area contributed by atoms with E-state index in [2.05, 4.69) is 15.9 Å². The van der Waals surface area contributed by atoms with Crippen molar-refractivity contribution >= 4 is 39.1 Å². The maximum atomic E-state index is 10.3. The van der Waals surface area contributed by atoms with Crippen molar-refractivity contribution in [3.05, 3.63) is 68.1 Å². The zero-order valence-electron chi connectivity index (χ0n) is 8.70. The number of benzene rings is 2. The third-order valence-corrected chi connectivity index (χ3v) is 3.63. The first-order valence-corrected chi connectivity index (χ1v) is 6.52. The number of halogens is 3. The van der Waals surface area contributed by atoms with Gasteiger partial charge in [-0.05, 0) is 24.3 Å². The molecular weight excluding hydrogens is 323 g/mol. The summed E-state index contributed by atoms with van der Waals surface area (Å²) in [4.78, 5) is 0. The van der Waals surface area contributed by atoms with E-state index in [9.17, 15) is 5.11 Å². The van der Waals surface area contributed by atoms with Gasteiger partial charge in [-0.2, -0.15) is 0 Å². The average Bonchev–Trinajstić information content (AvgIpc) is 2.32. The summed E-state index contributed by atoms with van der Waals surface area (Å²) in [6.07, 6.45) is -0.825. The van der Waals surface area contributed by atoms with Crippen LogP contribution in [0.25, 0.3) is 0 Å². The number of hydrogen-bond acceptors (Lipinski definition) is 1. The van der Waals surface area contributed by atoms with Crippen molar-refractivity contribution in [2.24, 2.45) is 0 Å². The molecular formula is C13H9BrCl2O. The summed E-state index contributed by atoms with van der Waals surface area (Å²) in [5.74, 6) is 0. The van der Waals surface area contributed by atoms with Crippen molar-refractivity contribution in [3.63, 3.8) is 0 Å². The molecule has 88 valence electrons. The highest BCUT2D eigenvalue weighted by Gasteiger charge is 2.16. The Kier molecular flexibility index (Phi) is 4.10. The molecule has 2 aromatic carbocycles. The average molecular weight is 332 g/mol. The molecule has 0 fully saturated rings. The lowest BCUT2D eigenvalue weighted by Crippen LogP contribution is -2.01. The molecule has 0 aliphatic rings. The number of rotatable bonds is 2. The number of hydrogen-bond donors (Lipinski definition) is 1. The summed E-state index contributed by atoms with van der Waals surface area (Å²) < 4.78 is 0.864. The van der Waals surface area contributed by atoms with Gasteiger partial charge < -0.3 is 5.11 Å². The van der Waals surface area contributed by atoms with Gasteiger partial charge in [-0.3, -0.25) is 0 Å². The summed E-state index contributed by atoms with van der Waals surface area (Å²) >= 11 is 15.5.